The van der Waals surface area contributed by atoms with Gasteiger partial charge in [-0.05, 0) is 6.92 Å². The van der Waals surface area contributed by atoms with Gasteiger partial charge < -0.3 is 29.4 Å². The van der Waals surface area contributed by atoms with Crippen molar-refractivity contribution in [3.63, 3.8) is 0 Å². The van der Waals surface area contributed by atoms with Crippen molar-refractivity contribution in [2.45, 2.75) is 64.8 Å². The molecule has 0 spiro atoms. The van der Waals surface area contributed by atoms with Gasteiger partial charge in [-0.3, -0.25) is 28.5 Å². The van der Waals surface area contributed by atoms with Gasteiger partial charge in [0.1, 0.15) is 12.7 Å². The summed E-state index contributed by atoms with van der Waals surface area (Å²) in [5, 5.41) is 0. The summed E-state index contributed by atoms with van der Waals surface area (Å²) >= 11 is 0.788. The van der Waals surface area contributed by atoms with Crippen LogP contribution in [0.15, 0.2) is 11.0 Å². The molecule has 0 saturated carbocycles. The number of anilines is 1. The third kappa shape index (κ3) is 5.40. The van der Waals surface area contributed by atoms with Crippen LogP contribution in [0.4, 0.5) is 5.95 Å². The fourth-order valence-electron chi connectivity index (χ4n) is 3.90. The molecule has 0 amide bonds. The largest absolute Gasteiger partial charge is 0.462 e. The van der Waals surface area contributed by atoms with E-state index >= 15 is 0 Å². The van der Waals surface area contributed by atoms with Crippen LogP contribution in [-0.2, 0) is 42.9 Å². The van der Waals surface area contributed by atoms with Crippen molar-refractivity contribution in [3.8, 4) is 0 Å². The summed E-state index contributed by atoms with van der Waals surface area (Å²) in [4.78, 5) is 67.8. The van der Waals surface area contributed by atoms with Gasteiger partial charge >= 0.3 is 28.8 Å². The smallest absolute Gasteiger partial charge is 0.311 e. The molecule has 1 aliphatic heterocycles. The van der Waals surface area contributed by atoms with Gasteiger partial charge in [-0.15, -0.1) is 0 Å². The summed E-state index contributed by atoms with van der Waals surface area (Å²) in [6, 6.07) is 0. The van der Waals surface area contributed by atoms with E-state index in [4.69, 9.17) is 29.4 Å². The number of ether oxygens (including phenoxy) is 5. The van der Waals surface area contributed by atoms with Crippen molar-refractivity contribution < 1.29 is 42.9 Å². The Morgan fingerprint density at radius 2 is 1.86 bits per heavy atom. The van der Waals surface area contributed by atoms with E-state index in [9.17, 15) is 24.0 Å². The summed E-state index contributed by atoms with van der Waals surface area (Å²) in [5.74, 6) is -3.09. The number of nitrogens with zero attached hydrogens (tertiary/aromatic N) is 3. The molecule has 1 aliphatic rings. The molecule has 35 heavy (non-hydrogen) atoms. The van der Waals surface area contributed by atoms with Crippen molar-refractivity contribution in [1.82, 2.24) is 14.5 Å². The van der Waals surface area contributed by atoms with Crippen LogP contribution in [0, 0.1) is 0 Å². The number of carbonyl (C=O) groups is 4. The Labute approximate surface area is 202 Å². The third-order valence-corrected chi connectivity index (χ3v) is 5.95. The quantitative estimate of drug-likeness (QED) is 0.388. The van der Waals surface area contributed by atoms with Crippen LogP contribution < -0.4 is 10.6 Å². The Bertz CT molecular complexity index is 1230. The van der Waals surface area contributed by atoms with E-state index in [1.165, 1.54) is 13.1 Å². The Balaban J connectivity index is 2.20. The Morgan fingerprint density at radius 1 is 1.17 bits per heavy atom. The fourth-order valence-corrected chi connectivity index (χ4v) is 4.72. The van der Waals surface area contributed by atoms with Crippen LogP contribution in [-0.4, -0.2) is 68.9 Å². The lowest BCUT2D eigenvalue weighted by molar-refractivity contribution is -0.194. The number of fused-ring (bicyclic) bond motifs is 1. The Hall–Kier alpha value is -3.59. The molecule has 3 rings (SSSR count). The number of rotatable bonds is 7. The molecule has 2 aromatic rings. The minimum absolute atomic E-state index is 0.0875. The van der Waals surface area contributed by atoms with E-state index in [1.54, 1.807) is 0 Å². The van der Waals surface area contributed by atoms with E-state index < -0.39 is 65.5 Å². The number of thiazole rings is 1. The average Bonchev–Trinajstić information content (AvgIpc) is 3.17. The van der Waals surface area contributed by atoms with Gasteiger partial charge in [-0.2, -0.15) is 4.98 Å². The molecule has 5 atom stereocenters. The van der Waals surface area contributed by atoms with Gasteiger partial charge in [0, 0.05) is 27.7 Å². The fraction of sp³-hybridized carbons (Fsp3) is 0.550. The molecule has 15 heteroatoms. The molecule has 1 unspecified atom stereocenters. The number of nitrogens with two attached hydrogens (primary N) is 1. The predicted molar refractivity (Wildman–Crippen MR) is 118 cm³/mol. The minimum Gasteiger partial charge on any atom is -0.462 e. The summed E-state index contributed by atoms with van der Waals surface area (Å²) in [6.07, 6.45) is -4.09. The summed E-state index contributed by atoms with van der Waals surface area (Å²) < 4.78 is 28.9. The molecule has 3 heterocycles. The summed E-state index contributed by atoms with van der Waals surface area (Å²) in [6.45, 7) is 5.43. The molecule has 1 saturated heterocycles. The van der Waals surface area contributed by atoms with E-state index in [-0.39, 0.29) is 11.6 Å². The zero-order valence-electron chi connectivity index (χ0n) is 19.5. The van der Waals surface area contributed by atoms with Gasteiger partial charge in [0.25, 0.3) is 0 Å². The maximum absolute atomic E-state index is 13.0. The second-order valence-electron chi connectivity index (χ2n) is 7.86. The molecular weight excluding hydrogens is 488 g/mol. The highest BCUT2D eigenvalue weighted by Gasteiger charge is 2.63. The second kappa shape index (κ2) is 9.95. The third-order valence-electron chi connectivity index (χ3n) is 5.07. The van der Waals surface area contributed by atoms with Crippen LogP contribution in [0.25, 0.3) is 10.3 Å². The molecule has 2 N–H and O–H groups in total. The molecule has 1 fully saturated rings. The van der Waals surface area contributed by atoms with Crippen molar-refractivity contribution in [1.29, 1.82) is 0 Å². The number of esters is 4. The number of hydrogen-bond acceptors (Lipinski definition) is 14. The highest BCUT2D eigenvalue weighted by Crippen LogP contribution is 2.44. The van der Waals surface area contributed by atoms with E-state index in [1.807, 2.05) is 0 Å². The molecule has 0 aliphatic carbocycles. The number of hydrogen-bond donors (Lipinski definition) is 1. The van der Waals surface area contributed by atoms with E-state index in [2.05, 4.69) is 9.97 Å². The Kier molecular flexibility index (Phi) is 7.40. The van der Waals surface area contributed by atoms with Crippen LogP contribution in [0.2, 0.25) is 0 Å². The minimum atomic E-state index is -1.80. The first-order valence-electron chi connectivity index (χ1n) is 10.3. The maximum Gasteiger partial charge on any atom is 0.311 e. The van der Waals surface area contributed by atoms with Crippen LogP contribution >= 0.6 is 11.3 Å². The SMILES string of the molecule is CC(=O)OCC(OC(C)=O)[C@H]1O[C@@H](n2c(=O)sc3cnc(N)nc32)[C@H](OC(C)=O)[C@@]1(C)OC(C)=O. The first-order chi connectivity index (χ1) is 16.3. The molecule has 0 bridgehead atoms. The molecule has 14 nitrogen and oxygen atoms in total. The van der Waals surface area contributed by atoms with Crippen LogP contribution in [0.5, 0.6) is 0 Å². The van der Waals surface area contributed by atoms with Gasteiger partial charge in [0.15, 0.2) is 29.7 Å². The van der Waals surface area contributed by atoms with Gasteiger partial charge in [0.2, 0.25) is 5.95 Å². The maximum atomic E-state index is 13.0. The Morgan fingerprint density at radius 3 is 2.43 bits per heavy atom. The second-order valence-corrected chi connectivity index (χ2v) is 8.85. The first kappa shape index (κ1) is 26.0. The average molecular weight is 512 g/mol. The van der Waals surface area contributed by atoms with Crippen LogP contribution in [0.1, 0.15) is 40.8 Å². The number of carbonyl (C=O) groups excluding carboxylic acids is 4. The predicted octanol–water partition coefficient (Wildman–Crippen LogP) is 0.0809. The molecule has 190 valence electrons. The lowest BCUT2D eigenvalue weighted by Gasteiger charge is -2.36. The summed E-state index contributed by atoms with van der Waals surface area (Å²) in [5.41, 5.74) is 3.99. The lowest BCUT2D eigenvalue weighted by Crippen LogP contribution is -2.55. The standard InChI is InChI=1S/C20H24N4O10S/c1-8(25)30-7-12(31-9(2)26)14-20(5,34-11(4)28)15(32-10(3)27)17(33-14)24-16-13(35-19(24)29)6-22-18(21)23-16/h6,12,14-15,17H,7H2,1-5H3,(H2,21,22,23)/t12?,14-,15+,17-,20+/m1/s1. The number of aromatic nitrogens is 3. The van der Waals surface area contributed by atoms with Crippen molar-refractivity contribution in [3.05, 3.63) is 15.9 Å². The monoisotopic (exact) mass is 512 g/mol. The molecule has 2 aromatic heterocycles. The lowest BCUT2D eigenvalue weighted by atomic mass is 9.90. The van der Waals surface area contributed by atoms with Crippen LogP contribution in [0.3, 0.4) is 0 Å². The van der Waals surface area contributed by atoms with Gasteiger partial charge in [-0.25, -0.2) is 4.98 Å². The normalized spacial score (nSPS) is 24.5. The molecule has 0 aromatic carbocycles. The van der Waals surface area contributed by atoms with Gasteiger partial charge in [-0.1, -0.05) is 11.3 Å². The van der Waals surface area contributed by atoms with E-state index in [0.717, 1.165) is 43.6 Å². The molecular formula is C20H24N4O10S. The van der Waals surface area contributed by atoms with Crippen molar-refractivity contribution in [2.24, 2.45) is 0 Å². The number of nitrogen functional groups attached to an aromatic ring is 1. The van der Waals surface area contributed by atoms with Crippen molar-refractivity contribution >= 4 is 51.5 Å². The molecule has 0 radical (unpaired) electrons. The van der Waals surface area contributed by atoms with E-state index in [0.29, 0.717) is 4.70 Å². The topological polar surface area (TPSA) is 188 Å². The first-order valence-corrected chi connectivity index (χ1v) is 11.1. The zero-order chi connectivity index (χ0) is 26.1. The van der Waals surface area contributed by atoms with Crippen molar-refractivity contribution in [2.75, 3.05) is 12.3 Å². The highest BCUT2D eigenvalue weighted by atomic mass is 32.1. The summed E-state index contributed by atoms with van der Waals surface area (Å²) in [7, 11) is 0. The highest BCUT2D eigenvalue weighted by molar-refractivity contribution is 7.16. The van der Waals surface area contributed by atoms with Gasteiger partial charge in [0.05, 0.1) is 10.9 Å². The zero-order valence-corrected chi connectivity index (χ0v) is 20.3.